The monoisotopic (exact) mass is 294 g/mol. The summed E-state index contributed by atoms with van der Waals surface area (Å²) in [6.07, 6.45) is -0.444. The van der Waals surface area contributed by atoms with Gasteiger partial charge in [-0.05, 0) is 41.5 Å². The Hall–Kier alpha value is -1.77. The molecule has 0 unspecified atom stereocenters. The second kappa shape index (κ2) is 6.33. The highest BCUT2D eigenvalue weighted by molar-refractivity contribution is 7.99. The second-order valence-corrected chi connectivity index (χ2v) is 6.34. The van der Waals surface area contributed by atoms with E-state index in [0.29, 0.717) is 5.75 Å². The van der Waals surface area contributed by atoms with E-state index in [0.717, 1.165) is 5.56 Å². The van der Waals surface area contributed by atoms with Gasteiger partial charge in [0.15, 0.2) is 0 Å². The molecular weight excluding hydrogens is 276 g/mol. The summed E-state index contributed by atoms with van der Waals surface area (Å²) in [5, 5.41) is 12.8. The fraction of sp³-hybridized carbons (Fsp3) is 0.158. The molecule has 0 heterocycles. The molecule has 0 aliphatic heterocycles. The van der Waals surface area contributed by atoms with Crippen LogP contribution in [0.3, 0.4) is 0 Å². The zero-order valence-corrected chi connectivity index (χ0v) is 12.8. The Morgan fingerprint density at radius 2 is 1.62 bits per heavy atom. The van der Waals surface area contributed by atoms with E-state index < -0.39 is 6.10 Å². The van der Waals surface area contributed by atoms with Gasteiger partial charge < -0.3 is 5.11 Å². The number of hydrogen-bond donors (Lipinski definition) is 1. The van der Waals surface area contributed by atoms with Crippen molar-refractivity contribution in [1.29, 1.82) is 0 Å². The van der Waals surface area contributed by atoms with Crippen molar-refractivity contribution in [2.24, 2.45) is 0 Å². The fourth-order valence-electron chi connectivity index (χ4n) is 2.32. The van der Waals surface area contributed by atoms with E-state index in [1.165, 1.54) is 21.2 Å². The highest BCUT2D eigenvalue weighted by Crippen LogP contribution is 2.26. The summed E-state index contributed by atoms with van der Waals surface area (Å²) in [6.45, 7) is 2.08. The molecule has 0 aromatic heterocycles. The molecule has 0 aliphatic rings. The van der Waals surface area contributed by atoms with Gasteiger partial charge in [0.1, 0.15) is 0 Å². The smallest absolute Gasteiger partial charge is 0.0884 e. The number of hydrogen-bond acceptors (Lipinski definition) is 2. The Morgan fingerprint density at radius 3 is 2.38 bits per heavy atom. The Bertz CT molecular complexity index is 734. The summed E-state index contributed by atoms with van der Waals surface area (Å²) >= 11 is 1.69. The van der Waals surface area contributed by atoms with E-state index in [1.54, 1.807) is 11.8 Å². The molecule has 0 spiro atoms. The van der Waals surface area contributed by atoms with Gasteiger partial charge in [-0.3, -0.25) is 0 Å². The molecule has 106 valence electrons. The van der Waals surface area contributed by atoms with Crippen LogP contribution in [-0.2, 0) is 0 Å². The van der Waals surface area contributed by atoms with Crippen LogP contribution in [0.1, 0.15) is 17.2 Å². The summed E-state index contributed by atoms with van der Waals surface area (Å²) < 4.78 is 0. The number of benzene rings is 3. The molecule has 0 bridgehead atoms. The van der Waals surface area contributed by atoms with Crippen molar-refractivity contribution in [3.8, 4) is 0 Å². The van der Waals surface area contributed by atoms with Gasteiger partial charge in [-0.1, -0.05) is 54.1 Å². The maximum absolute atomic E-state index is 10.4. The van der Waals surface area contributed by atoms with Gasteiger partial charge in [-0.25, -0.2) is 0 Å². The van der Waals surface area contributed by atoms with Crippen LogP contribution in [0, 0.1) is 6.92 Å². The maximum Gasteiger partial charge on any atom is 0.0884 e. The molecule has 0 saturated heterocycles. The minimum absolute atomic E-state index is 0.444. The van der Waals surface area contributed by atoms with Crippen LogP contribution >= 0.6 is 11.8 Å². The molecular formula is C19H18OS. The third kappa shape index (κ3) is 3.46. The highest BCUT2D eigenvalue weighted by Gasteiger charge is 2.09. The first kappa shape index (κ1) is 14.2. The van der Waals surface area contributed by atoms with Crippen molar-refractivity contribution < 1.29 is 5.11 Å². The standard InChI is InChI=1S/C19H18OS/c1-14-6-10-18(11-7-14)21-13-19(20)17-9-8-15-4-2-3-5-16(15)12-17/h2-12,19-20H,13H2,1H3/t19-/m1/s1. The zero-order valence-electron chi connectivity index (χ0n) is 12.0. The quantitative estimate of drug-likeness (QED) is 0.685. The van der Waals surface area contributed by atoms with Gasteiger partial charge in [0.25, 0.3) is 0 Å². The van der Waals surface area contributed by atoms with E-state index in [1.807, 2.05) is 18.2 Å². The summed E-state index contributed by atoms with van der Waals surface area (Å²) in [6, 6.07) is 22.8. The van der Waals surface area contributed by atoms with Crippen LogP contribution in [0.25, 0.3) is 10.8 Å². The van der Waals surface area contributed by atoms with Crippen molar-refractivity contribution in [2.45, 2.75) is 17.9 Å². The number of aryl methyl sites for hydroxylation is 1. The predicted molar refractivity (Wildman–Crippen MR) is 90.8 cm³/mol. The minimum atomic E-state index is -0.444. The Kier molecular flexibility index (Phi) is 4.28. The van der Waals surface area contributed by atoms with Crippen LogP contribution in [-0.4, -0.2) is 10.9 Å². The molecule has 0 saturated carbocycles. The first-order valence-electron chi connectivity index (χ1n) is 7.08. The lowest BCUT2D eigenvalue weighted by Crippen LogP contribution is -2.00. The minimum Gasteiger partial charge on any atom is -0.388 e. The van der Waals surface area contributed by atoms with E-state index in [-0.39, 0.29) is 0 Å². The van der Waals surface area contributed by atoms with Crippen LogP contribution in [0.4, 0.5) is 0 Å². The number of thioether (sulfide) groups is 1. The first-order valence-corrected chi connectivity index (χ1v) is 8.07. The Morgan fingerprint density at radius 1 is 0.905 bits per heavy atom. The van der Waals surface area contributed by atoms with Gasteiger partial charge in [0.05, 0.1) is 6.10 Å². The summed E-state index contributed by atoms with van der Waals surface area (Å²) in [7, 11) is 0. The Balaban J connectivity index is 1.71. The Labute approximate surface area is 129 Å². The number of rotatable bonds is 4. The van der Waals surface area contributed by atoms with Gasteiger partial charge in [-0.15, -0.1) is 11.8 Å². The average molecular weight is 294 g/mol. The van der Waals surface area contributed by atoms with Crippen molar-refractivity contribution >= 4 is 22.5 Å². The molecule has 3 rings (SSSR count). The molecule has 21 heavy (non-hydrogen) atoms. The van der Waals surface area contributed by atoms with Crippen LogP contribution in [0.5, 0.6) is 0 Å². The first-order chi connectivity index (χ1) is 10.2. The number of aliphatic hydroxyl groups is 1. The molecule has 0 fully saturated rings. The lowest BCUT2D eigenvalue weighted by molar-refractivity contribution is 0.204. The third-order valence-electron chi connectivity index (χ3n) is 3.59. The highest BCUT2D eigenvalue weighted by atomic mass is 32.2. The average Bonchev–Trinajstić information content (AvgIpc) is 2.53. The van der Waals surface area contributed by atoms with Gasteiger partial charge in [0, 0.05) is 10.6 Å². The van der Waals surface area contributed by atoms with Gasteiger partial charge in [-0.2, -0.15) is 0 Å². The topological polar surface area (TPSA) is 20.2 Å². The molecule has 0 aliphatic carbocycles. The van der Waals surface area contributed by atoms with E-state index in [2.05, 4.69) is 55.5 Å². The SMILES string of the molecule is Cc1ccc(SC[C@@H](O)c2ccc3ccccc3c2)cc1. The van der Waals surface area contributed by atoms with E-state index >= 15 is 0 Å². The zero-order chi connectivity index (χ0) is 14.7. The summed E-state index contributed by atoms with van der Waals surface area (Å²) in [5.41, 5.74) is 2.24. The molecule has 3 aromatic rings. The number of fused-ring (bicyclic) bond motifs is 1. The lowest BCUT2D eigenvalue weighted by Gasteiger charge is -2.12. The van der Waals surface area contributed by atoms with E-state index in [4.69, 9.17) is 0 Å². The largest absolute Gasteiger partial charge is 0.388 e. The van der Waals surface area contributed by atoms with E-state index in [9.17, 15) is 5.11 Å². The van der Waals surface area contributed by atoms with Crippen molar-refractivity contribution in [1.82, 2.24) is 0 Å². The normalized spacial score (nSPS) is 12.5. The molecule has 1 nitrogen and oxygen atoms in total. The number of aliphatic hydroxyl groups excluding tert-OH is 1. The molecule has 0 radical (unpaired) electrons. The van der Waals surface area contributed by atoms with Crippen molar-refractivity contribution in [3.63, 3.8) is 0 Å². The van der Waals surface area contributed by atoms with Gasteiger partial charge in [0.2, 0.25) is 0 Å². The van der Waals surface area contributed by atoms with Crippen molar-refractivity contribution in [3.05, 3.63) is 77.9 Å². The van der Waals surface area contributed by atoms with Crippen LogP contribution in [0.2, 0.25) is 0 Å². The fourth-order valence-corrected chi connectivity index (χ4v) is 3.19. The molecule has 1 atom stereocenters. The van der Waals surface area contributed by atoms with Gasteiger partial charge >= 0.3 is 0 Å². The predicted octanol–water partition coefficient (Wildman–Crippen LogP) is 4.97. The molecule has 0 amide bonds. The summed E-state index contributed by atoms with van der Waals surface area (Å²) in [5.74, 6) is 0.668. The van der Waals surface area contributed by atoms with Crippen LogP contribution in [0.15, 0.2) is 71.6 Å². The van der Waals surface area contributed by atoms with Crippen LogP contribution < -0.4 is 0 Å². The second-order valence-electron chi connectivity index (χ2n) is 5.25. The third-order valence-corrected chi connectivity index (χ3v) is 4.68. The molecule has 3 aromatic carbocycles. The maximum atomic E-state index is 10.4. The summed E-state index contributed by atoms with van der Waals surface area (Å²) in [4.78, 5) is 1.19. The van der Waals surface area contributed by atoms with Crippen molar-refractivity contribution in [2.75, 3.05) is 5.75 Å². The molecule has 2 heteroatoms. The lowest BCUT2D eigenvalue weighted by atomic mass is 10.0. The molecule has 1 N–H and O–H groups in total.